The average molecular weight is 390 g/mol. The van der Waals surface area contributed by atoms with Gasteiger partial charge in [0, 0.05) is 34.7 Å². The van der Waals surface area contributed by atoms with Gasteiger partial charge in [0.1, 0.15) is 0 Å². The van der Waals surface area contributed by atoms with Gasteiger partial charge in [-0.2, -0.15) is 4.98 Å². The quantitative estimate of drug-likeness (QED) is 0.748. The highest BCUT2D eigenvalue weighted by Gasteiger charge is 2.49. The zero-order valence-corrected chi connectivity index (χ0v) is 16.9. The lowest BCUT2D eigenvalue weighted by Crippen LogP contribution is -2.46. The minimum Gasteiger partial charge on any atom is -0.481 e. The Balaban J connectivity index is 1.95. The highest BCUT2D eigenvalue weighted by atomic mass is 16.5. The molecule has 0 fully saturated rings. The predicted molar refractivity (Wildman–Crippen MR) is 106 cm³/mol. The van der Waals surface area contributed by atoms with Gasteiger partial charge in [-0.3, -0.25) is 0 Å². The summed E-state index contributed by atoms with van der Waals surface area (Å²) in [5, 5.41) is 0. The van der Waals surface area contributed by atoms with Crippen LogP contribution < -0.4 is 9.47 Å². The van der Waals surface area contributed by atoms with E-state index in [2.05, 4.69) is 21.7 Å². The molecular formula is C22H22N4O3. The number of Topliss-reactive ketones (excluding diaryl/α,β-unsaturated/α-hetero) is 1. The molecular weight excluding hydrogens is 368 g/mol. The number of ether oxygens (including phenoxy) is 2. The molecule has 2 heterocycles. The van der Waals surface area contributed by atoms with Crippen LogP contribution in [0.1, 0.15) is 31.5 Å². The first kappa shape index (κ1) is 19.1. The van der Waals surface area contributed by atoms with Crippen molar-refractivity contribution in [1.29, 1.82) is 0 Å². The van der Waals surface area contributed by atoms with Gasteiger partial charge in [-0.1, -0.05) is 19.9 Å². The number of fused-ring (bicyclic) bond motifs is 3. The number of methoxy groups -OCH3 is 2. The van der Waals surface area contributed by atoms with Crippen molar-refractivity contribution in [3.8, 4) is 23.1 Å². The molecule has 0 radical (unpaired) electrons. The van der Waals surface area contributed by atoms with Gasteiger partial charge in [0.05, 0.1) is 26.5 Å². The van der Waals surface area contributed by atoms with E-state index >= 15 is 0 Å². The Kier molecular flexibility index (Phi) is 4.58. The van der Waals surface area contributed by atoms with Crippen LogP contribution in [0.3, 0.4) is 0 Å². The maximum Gasteiger partial charge on any atom is 0.226 e. The summed E-state index contributed by atoms with van der Waals surface area (Å²) in [6.07, 6.45) is 5.00. The van der Waals surface area contributed by atoms with Crippen molar-refractivity contribution in [3.05, 3.63) is 52.8 Å². The lowest BCUT2D eigenvalue weighted by Gasteiger charge is -2.45. The number of nitrogens with zero attached hydrogens (tertiary/aromatic N) is 4. The Morgan fingerprint density at radius 3 is 2.76 bits per heavy atom. The monoisotopic (exact) mass is 390 g/mol. The standard InChI is InChI=1S/C22H22N4O3/c1-12-15-7-6-14-19(22(15,2)11-16(23-3)18(12)27)25-20(26-21(14)29-5)13-8-9-24-17(10-13)28-4/h8-12,15H,6-7H2,1-2,4-5H3/t12-,15-,22-/m1/s1. The molecule has 0 bridgehead atoms. The summed E-state index contributed by atoms with van der Waals surface area (Å²) in [7, 11) is 3.16. The molecule has 2 aromatic heterocycles. The SMILES string of the molecule is [C-]#[N+]C1=C[C@@]2(C)c3nc(-c4ccnc(OC)c4)nc(OC)c3CC[C@@H]2[C@@H](C)C1=O. The van der Waals surface area contributed by atoms with Crippen molar-refractivity contribution in [2.45, 2.75) is 32.1 Å². The van der Waals surface area contributed by atoms with Gasteiger partial charge in [0.2, 0.25) is 17.5 Å². The molecule has 0 spiro atoms. The molecule has 4 rings (SSSR count). The molecule has 2 aromatic rings. The molecule has 3 atom stereocenters. The van der Waals surface area contributed by atoms with Gasteiger partial charge in [-0.25, -0.2) is 14.8 Å². The Bertz CT molecular complexity index is 1070. The van der Waals surface area contributed by atoms with E-state index in [0.717, 1.165) is 29.7 Å². The lowest BCUT2D eigenvalue weighted by atomic mass is 9.58. The molecule has 7 heteroatoms. The number of ketones is 1. The van der Waals surface area contributed by atoms with Gasteiger partial charge in [-0.05, 0) is 24.8 Å². The summed E-state index contributed by atoms with van der Waals surface area (Å²) in [4.78, 5) is 29.8. The first-order chi connectivity index (χ1) is 13.9. The fourth-order valence-electron chi connectivity index (χ4n) is 4.67. The molecule has 2 aliphatic rings. The third-order valence-corrected chi connectivity index (χ3v) is 6.18. The van der Waals surface area contributed by atoms with Crippen LogP contribution in [0.5, 0.6) is 11.8 Å². The number of pyridine rings is 1. The van der Waals surface area contributed by atoms with Gasteiger partial charge in [0.15, 0.2) is 11.6 Å². The van der Waals surface area contributed by atoms with Crippen LogP contribution in [-0.4, -0.2) is 35.0 Å². The van der Waals surface area contributed by atoms with Crippen molar-refractivity contribution < 1.29 is 14.3 Å². The van der Waals surface area contributed by atoms with E-state index in [0.29, 0.717) is 17.6 Å². The van der Waals surface area contributed by atoms with Crippen LogP contribution in [-0.2, 0) is 16.6 Å². The third kappa shape index (κ3) is 2.87. The zero-order chi connectivity index (χ0) is 20.8. The van der Waals surface area contributed by atoms with Crippen molar-refractivity contribution in [2.75, 3.05) is 14.2 Å². The van der Waals surface area contributed by atoms with Gasteiger partial charge >= 0.3 is 0 Å². The highest BCUT2D eigenvalue weighted by Crippen LogP contribution is 2.51. The summed E-state index contributed by atoms with van der Waals surface area (Å²) in [6, 6.07) is 3.59. The van der Waals surface area contributed by atoms with Crippen molar-refractivity contribution in [2.24, 2.45) is 11.8 Å². The third-order valence-electron chi connectivity index (χ3n) is 6.18. The molecule has 0 unspecified atom stereocenters. The van der Waals surface area contributed by atoms with E-state index in [-0.39, 0.29) is 23.3 Å². The molecule has 29 heavy (non-hydrogen) atoms. The van der Waals surface area contributed by atoms with Gasteiger partial charge in [0.25, 0.3) is 0 Å². The second-order valence-corrected chi connectivity index (χ2v) is 7.69. The minimum atomic E-state index is -0.539. The molecule has 0 aromatic carbocycles. The maximum atomic E-state index is 12.6. The molecule has 0 saturated carbocycles. The number of carbonyl (C=O) groups excluding carboxylic acids is 1. The molecule has 2 aliphatic carbocycles. The van der Waals surface area contributed by atoms with E-state index < -0.39 is 5.41 Å². The van der Waals surface area contributed by atoms with Crippen LogP contribution in [0.2, 0.25) is 0 Å². The lowest BCUT2D eigenvalue weighted by molar-refractivity contribution is -0.121. The number of hydrogen-bond donors (Lipinski definition) is 0. The van der Waals surface area contributed by atoms with E-state index in [4.69, 9.17) is 21.0 Å². The van der Waals surface area contributed by atoms with Gasteiger partial charge in [-0.15, -0.1) is 0 Å². The first-order valence-electron chi connectivity index (χ1n) is 9.53. The number of allylic oxidation sites excluding steroid dienone is 2. The summed E-state index contributed by atoms with van der Waals surface area (Å²) in [6.45, 7) is 11.4. The molecule has 0 saturated heterocycles. The largest absolute Gasteiger partial charge is 0.481 e. The predicted octanol–water partition coefficient (Wildman–Crippen LogP) is 3.40. The normalized spacial score (nSPS) is 25.3. The fourth-order valence-corrected chi connectivity index (χ4v) is 4.67. The highest BCUT2D eigenvalue weighted by molar-refractivity contribution is 6.00. The summed E-state index contributed by atoms with van der Waals surface area (Å²) in [5.41, 5.74) is 2.18. The Hall–Kier alpha value is -3.27. The number of carbonyl (C=O) groups is 1. The van der Waals surface area contributed by atoms with Crippen LogP contribution in [0, 0.1) is 18.4 Å². The van der Waals surface area contributed by atoms with Gasteiger partial charge < -0.3 is 14.3 Å². The fraction of sp³-hybridized carbons (Fsp3) is 0.409. The summed E-state index contributed by atoms with van der Waals surface area (Å²) < 4.78 is 10.8. The number of rotatable bonds is 3. The number of hydrogen-bond acceptors (Lipinski definition) is 6. The van der Waals surface area contributed by atoms with E-state index in [1.54, 1.807) is 32.6 Å². The second-order valence-electron chi connectivity index (χ2n) is 7.69. The Morgan fingerprint density at radius 2 is 2.07 bits per heavy atom. The molecule has 0 N–H and O–H groups in total. The summed E-state index contributed by atoms with van der Waals surface area (Å²) >= 11 is 0. The van der Waals surface area contributed by atoms with Crippen molar-refractivity contribution in [3.63, 3.8) is 0 Å². The maximum absolute atomic E-state index is 12.6. The molecule has 0 amide bonds. The average Bonchev–Trinajstić information content (AvgIpc) is 2.75. The van der Waals surface area contributed by atoms with Crippen LogP contribution in [0.25, 0.3) is 16.2 Å². The van der Waals surface area contributed by atoms with E-state index in [1.165, 1.54) is 0 Å². The molecule has 0 aliphatic heterocycles. The van der Waals surface area contributed by atoms with Crippen molar-refractivity contribution >= 4 is 5.78 Å². The topological polar surface area (TPSA) is 78.6 Å². The van der Waals surface area contributed by atoms with Crippen LogP contribution in [0.15, 0.2) is 30.1 Å². The number of aromatic nitrogens is 3. The van der Waals surface area contributed by atoms with E-state index in [1.807, 2.05) is 13.0 Å². The molecule has 7 nitrogen and oxygen atoms in total. The second kappa shape index (κ2) is 6.96. The molecule has 148 valence electrons. The van der Waals surface area contributed by atoms with E-state index in [9.17, 15) is 4.79 Å². The Labute approximate surface area is 169 Å². The van der Waals surface area contributed by atoms with Crippen molar-refractivity contribution in [1.82, 2.24) is 15.0 Å². The van der Waals surface area contributed by atoms with Crippen LogP contribution >= 0.6 is 0 Å². The zero-order valence-electron chi connectivity index (χ0n) is 16.9. The van der Waals surface area contributed by atoms with Crippen LogP contribution in [0.4, 0.5) is 0 Å². The summed E-state index contributed by atoms with van der Waals surface area (Å²) in [5.74, 6) is 1.28. The minimum absolute atomic E-state index is 0.0763. The first-order valence-corrected chi connectivity index (χ1v) is 9.53. The smallest absolute Gasteiger partial charge is 0.226 e. The Morgan fingerprint density at radius 1 is 1.28 bits per heavy atom.